The third-order valence-corrected chi connectivity index (χ3v) is 6.00. The van der Waals surface area contributed by atoms with E-state index in [0.29, 0.717) is 27.9 Å². The molecule has 8 nitrogen and oxygen atoms in total. The first-order valence-corrected chi connectivity index (χ1v) is 12.4. The van der Waals surface area contributed by atoms with Gasteiger partial charge in [0.1, 0.15) is 12.1 Å². The lowest BCUT2D eigenvalue weighted by molar-refractivity contribution is -0.137. The number of amidine groups is 1. The van der Waals surface area contributed by atoms with Crippen molar-refractivity contribution < 1.29 is 22.7 Å². The number of ether oxygens (including phenoxy) is 1. The molecule has 0 saturated heterocycles. The maximum absolute atomic E-state index is 12.8. The van der Waals surface area contributed by atoms with E-state index in [1.807, 2.05) is 31.4 Å². The largest absolute Gasteiger partial charge is 0.497 e. The Kier molecular flexibility index (Phi) is 8.01. The molecule has 38 heavy (non-hydrogen) atoms. The maximum Gasteiger partial charge on any atom is 0.416 e. The molecule has 0 spiro atoms. The highest BCUT2D eigenvalue weighted by atomic mass is 32.2. The van der Waals surface area contributed by atoms with E-state index in [1.165, 1.54) is 34.9 Å². The van der Waals surface area contributed by atoms with Gasteiger partial charge in [-0.15, -0.1) is 5.10 Å². The van der Waals surface area contributed by atoms with Crippen LogP contribution in [-0.4, -0.2) is 39.3 Å². The predicted octanol–water partition coefficient (Wildman–Crippen LogP) is 6.63. The molecule has 0 saturated carbocycles. The van der Waals surface area contributed by atoms with Crippen molar-refractivity contribution in [1.82, 2.24) is 14.8 Å². The number of rotatable bonds is 5. The molecule has 1 heterocycles. The molecular weight excluding hydrogens is 517 g/mol. The number of anilines is 2. The number of nitrogens with zero attached hydrogens (tertiary/aromatic N) is 4. The number of alkyl halides is 3. The van der Waals surface area contributed by atoms with Gasteiger partial charge in [0.05, 0.1) is 18.4 Å². The van der Waals surface area contributed by atoms with Crippen LogP contribution in [0.1, 0.15) is 11.1 Å². The molecule has 12 heteroatoms. The van der Waals surface area contributed by atoms with Gasteiger partial charge in [0.15, 0.2) is 11.0 Å². The van der Waals surface area contributed by atoms with Crippen LogP contribution >= 0.6 is 11.8 Å². The summed E-state index contributed by atoms with van der Waals surface area (Å²) in [5.74, 6) is 1.11. The molecule has 0 atom stereocenters. The second-order valence-corrected chi connectivity index (χ2v) is 8.79. The molecule has 4 aromatic rings. The van der Waals surface area contributed by atoms with Gasteiger partial charge in [-0.1, -0.05) is 11.8 Å². The number of urea groups is 1. The molecule has 0 aliphatic carbocycles. The number of carbonyl (C=O) groups is 1. The van der Waals surface area contributed by atoms with Gasteiger partial charge in [0.2, 0.25) is 0 Å². The molecule has 0 aliphatic rings. The van der Waals surface area contributed by atoms with Gasteiger partial charge in [0, 0.05) is 16.9 Å². The average molecular weight is 541 g/mol. The zero-order chi connectivity index (χ0) is 27.3. The molecule has 0 aliphatic heterocycles. The van der Waals surface area contributed by atoms with Crippen molar-refractivity contribution in [2.24, 2.45) is 4.99 Å². The monoisotopic (exact) mass is 540 g/mol. The Bertz CT molecular complexity index is 1450. The van der Waals surface area contributed by atoms with Gasteiger partial charge < -0.3 is 15.4 Å². The molecule has 0 unspecified atom stereocenters. The highest BCUT2D eigenvalue weighted by Crippen LogP contribution is 2.29. The van der Waals surface area contributed by atoms with E-state index in [1.54, 1.807) is 31.4 Å². The van der Waals surface area contributed by atoms with Gasteiger partial charge >= 0.3 is 12.2 Å². The lowest BCUT2D eigenvalue weighted by atomic mass is 10.2. The molecule has 0 fully saturated rings. The van der Waals surface area contributed by atoms with Crippen LogP contribution in [-0.2, 0) is 6.18 Å². The number of hydrogen-bond acceptors (Lipinski definition) is 5. The molecule has 0 radical (unpaired) electrons. The summed E-state index contributed by atoms with van der Waals surface area (Å²) in [5.41, 5.74) is 2.64. The fourth-order valence-corrected chi connectivity index (χ4v) is 3.80. The molecule has 196 valence electrons. The summed E-state index contributed by atoms with van der Waals surface area (Å²) in [7, 11) is 1.60. The van der Waals surface area contributed by atoms with Crippen LogP contribution in [0.5, 0.6) is 5.75 Å². The van der Waals surface area contributed by atoms with Crippen molar-refractivity contribution in [3.05, 3.63) is 84.2 Å². The maximum atomic E-state index is 12.8. The molecule has 1 aromatic heterocycles. The number of aliphatic imine (C=N–C) groups is 1. The standard InChI is InChI=1S/C26H23F3N6O2S/c1-16-14-21(37-2)12-13-22(16)32-25(38-3)33-24(36)31-19-8-4-17(5-9-19)23-30-15-35(34-23)20-10-6-18(7-11-20)26(27,28)29/h4-15H,1-3H3,(H2,31,32,33,36). The summed E-state index contributed by atoms with van der Waals surface area (Å²) in [4.78, 5) is 20.8. The molecule has 3 aromatic carbocycles. The first kappa shape index (κ1) is 26.7. The zero-order valence-corrected chi connectivity index (χ0v) is 21.4. The Morgan fingerprint density at radius 3 is 2.34 bits per heavy atom. The van der Waals surface area contributed by atoms with Gasteiger partial charge in [-0.2, -0.15) is 18.2 Å². The Hall–Kier alpha value is -4.32. The van der Waals surface area contributed by atoms with Crippen molar-refractivity contribution in [2.45, 2.75) is 13.1 Å². The van der Waals surface area contributed by atoms with Crippen LogP contribution in [0, 0.1) is 6.92 Å². The summed E-state index contributed by atoms with van der Waals surface area (Å²) in [6.07, 6.45) is -1.18. The summed E-state index contributed by atoms with van der Waals surface area (Å²) in [6.45, 7) is 1.92. The average Bonchev–Trinajstić information content (AvgIpc) is 3.39. The topological polar surface area (TPSA) is 93.4 Å². The molecule has 2 N–H and O–H groups in total. The minimum absolute atomic E-state index is 0.379. The number of amides is 2. The Morgan fingerprint density at radius 2 is 1.74 bits per heavy atom. The third kappa shape index (κ3) is 6.51. The summed E-state index contributed by atoms with van der Waals surface area (Å²) >= 11 is 1.30. The van der Waals surface area contributed by atoms with E-state index in [9.17, 15) is 18.0 Å². The Labute approximate surface area is 221 Å². The number of methoxy groups -OCH3 is 1. The van der Waals surface area contributed by atoms with E-state index in [0.717, 1.165) is 29.1 Å². The third-order valence-electron chi connectivity index (χ3n) is 5.42. The van der Waals surface area contributed by atoms with Crippen LogP contribution in [0.3, 0.4) is 0 Å². The minimum atomic E-state index is -4.41. The smallest absolute Gasteiger partial charge is 0.416 e. The predicted molar refractivity (Wildman–Crippen MR) is 143 cm³/mol. The zero-order valence-electron chi connectivity index (χ0n) is 20.6. The van der Waals surface area contributed by atoms with Crippen LogP contribution < -0.4 is 15.4 Å². The SMILES string of the molecule is COc1ccc(N/C(=N/C(=O)Nc2ccc(-c3ncn(-c4ccc(C(F)(F)F)cc4)n3)cc2)SC)c(C)c1. The van der Waals surface area contributed by atoms with Crippen LogP contribution in [0.15, 0.2) is 78.0 Å². The van der Waals surface area contributed by atoms with Crippen molar-refractivity contribution >= 4 is 34.3 Å². The first-order valence-electron chi connectivity index (χ1n) is 11.2. The highest BCUT2D eigenvalue weighted by molar-refractivity contribution is 8.13. The number of benzene rings is 3. The number of aryl methyl sites for hydroxylation is 1. The molecule has 0 bridgehead atoms. The molecule has 2 amide bonds. The second-order valence-electron chi connectivity index (χ2n) is 7.99. The number of halogens is 3. The van der Waals surface area contributed by atoms with Gasteiger partial charge in [0.25, 0.3) is 0 Å². The van der Waals surface area contributed by atoms with Crippen LogP contribution in [0.2, 0.25) is 0 Å². The minimum Gasteiger partial charge on any atom is -0.497 e. The van der Waals surface area contributed by atoms with E-state index in [-0.39, 0.29) is 0 Å². The highest BCUT2D eigenvalue weighted by Gasteiger charge is 2.30. The van der Waals surface area contributed by atoms with E-state index < -0.39 is 17.8 Å². The van der Waals surface area contributed by atoms with Crippen molar-refractivity contribution in [3.8, 4) is 22.8 Å². The van der Waals surface area contributed by atoms with Crippen molar-refractivity contribution in [3.63, 3.8) is 0 Å². The number of hydrogen-bond donors (Lipinski definition) is 2. The Morgan fingerprint density at radius 1 is 1.03 bits per heavy atom. The molecule has 4 rings (SSSR count). The van der Waals surface area contributed by atoms with Gasteiger partial charge in [-0.3, -0.25) is 0 Å². The normalized spacial score (nSPS) is 11.8. The lowest BCUT2D eigenvalue weighted by Gasteiger charge is -2.11. The van der Waals surface area contributed by atoms with Crippen molar-refractivity contribution in [1.29, 1.82) is 0 Å². The van der Waals surface area contributed by atoms with Crippen LogP contribution in [0.4, 0.5) is 29.3 Å². The van der Waals surface area contributed by atoms with Gasteiger partial charge in [-0.25, -0.2) is 14.5 Å². The fraction of sp³-hybridized carbons (Fsp3) is 0.154. The fourth-order valence-electron chi connectivity index (χ4n) is 3.41. The van der Waals surface area contributed by atoms with E-state index in [2.05, 4.69) is 25.7 Å². The van der Waals surface area contributed by atoms with E-state index in [4.69, 9.17) is 4.74 Å². The quantitative estimate of drug-likeness (QED) is 0.218. The number of carbonyl (C=O) groups excluding carboxylic acids is 1. The first-order chi connectivity index (χ1) is 18.2. The summed E-state index contributed by atoms with van der Waals surface area (Å²) < 4.78 is 45.0. The summed E-state index contributed by atoms with van der Waals surface area (Å²) in [6, 6.07) is 16.4. The second kappa shape index (κ2) is 11.4. The van der Waals surface area contributed by atoms with Gasteiger partial charge in [-0.05, 0) is 85.5 Å². The van der Waals surface area contributed by atoms with Crippen LogP contribution in [0.25, 0.3) is 17.1 Å². The number of aromatic nitrogens is 3. The lowest BCUT2D eigenvalue weighted by Crippen LogP contribution is -2.14. The molecular formula is C26H23F3N6O2S. The van der Waals surface area contributed by atoms with Crippen molar-refractivity contribution in [2.75, 3.05) is 24.0 Å². The number of thioether (sulfide) groups is 1. The summed E-state index contributed by atoms with van der Waals surface area (Å²) in [5, 5.41) is 10.6. The van der Waals surface area contributed by atoms with E-state index >= 15 is 0 Å². The Balaban J connectivity index is 1.40. The number of nitrogens with one attached hydrogen (secondary N) is 2.